The van der Waals surface area contributed by atoms with E-state index >= 15 is 0 Å². The van der Waals surface area contributed by atoms with E-state index in [4.69, 9.17) is 9.47 Å². The number of likely N-dealkylation sites (tertiary alicyclic amines) is 1. The van der Waals surface area contributed by atoms with Crippen molar-refractivity contribution in [2.45, 2.75) is 51.4 Å². The molecule has 0 unspecified atom stereocenters. The topological polar surface area (TPSA) is 76.2 Å². The van der Waals surface area contributed by atoms with Gasteiger partial charge < -0.3 is 14.4 Å². The highest BCUT2D eigenvalue weighted by molar-refractivity contribution is 7.89. The Morgan fingerprint density at radius 3 is 2.71 bits per heavy atom. The maximum atomic E-state index is 12.9. The highest BCUT2D eigenvalue weighted by atomic mass is 32.2. The minimum atomic E-state index is -3.47. The Labute approximate surface area is 167 Å². The zero-order valence-corrected chi connectivity index (χ0v) is 17.3. The van der Waals surface area contributed by atoms with Gasteiger partial charge in [-0.2, -0.15) is 4.31 Å². The Morgan fingerprint density at radius 2 is 2.04 bits per heavy atom. The number of hydrogen-bond acceptors (Lipinski definition) is 5. The number of sulfonamides is 1. The molecule has 28 heavy (non-hydrogen) atoms. The second-order valence-corrected chi connectivity index (χ2v) is 9.41. The van der Waals surface area contributed by atoms with Crippen molar-refractivity contribution in [2.75, 3.05) is 32.0 Å². The van der Waals surface area contributed by atoms with Crippen molar-refractivity contribution in [1.82, 2.24) is 9.21 Å². The van der Waals surface area contributed by atoms with Crippen LogP contribution in [-0.2, 0) is 26.1 Å². The standard InChI is InChI=1S/C20H30N2O5S/c1-2-21(14-19-11-7-13-26-19)28(24,25)16-18-10-6-12-22(18)20(23)27-15-17-8-4-3-5-9-17/h3-5,8-9,18-19H,2,6-7,10-16H2,1H3/t18-,19+/m0/s1. The summed E-state index contributed by atoms with van der Waals surface area (Å²) < 4.78 is 38.4. The first kappa shape index (κ1) is 21.1. The first-order valence-electron chi connectivity index (χ1n) is 10.1. The van der Waals surface area contributed by atoms with E-state index in [1.807, 2.05) is 37.3 Å². The van der Waals surface area contributed by atoms with Gasteiger partial charge in [0.25, 0.3) is 0 Å². The average molecular weight is 411 g/mol. The van der Waals surface area contributed by atoms with Crippen molar-refractivity contribution < 1.29 is 22.7 Å². The van der Waals surface area contributed by atoms with Crippen LogP contribution in [0, 0.1) is 0 Å². The Kier molecular flexibility index (Phi) is 7.31. The lowest BCUT2D eigenvalue weighted by atomic mass is 10.2. The van der Waals surface area contributed by atoms with Gasteiger partial charge in [0.1, 0.15) is 6.61 Å². The number of likely N-dealkylation sites (N-methyl/N-ethyl adjacent to an activating group) is 1. The third kappa shape index (κ3) is 5.46. The summed E-state index contributed by atoms with van der Waals surface area (Å²) in [7, 11) is -3.47. The lowest BCUT2D eigenvalue weighted by molar-refractivity contribution is 0.0918. The number of hydrogen-bond donors (Lipinski definition) is 0. The summed E-state index contributed by atoms with van der Waals surface area (Å²) in [4.78, 5) is 14.1. The number of nitrogens with zero attached hydrogens (tertiary/aromatic N) is 2. The number of carbonyl (C=O) groups excluding carboxylic acids is 1. The SMILES string of the molecule is CCN(C[C@H]1CCCO1)S(=O)(=O)C[C@@H]1CCCN1C(=O)OCc1ccccc1. The lowest BCUT2D eigenvalue weighted by Gasteiger charge is -2.28. The van der Waals surface area contributed by atoms with Crippen molar-refractivity contribution in [3.05, 3.63) is 35.9 Å². The normalized spacial score (nSPS) is 22.7. The predicted octanol–water partition coefficient (Wildman–Crippen LogP) is 2.62. The van der Waals surface area contributed by atoms with Crippen LogP contribution in [0.25, 0.3) is 0 Å². The van der Waals surface area contributed by atoms with Crippen molar-refractivity contribution in [3.8, 4) is 0 Å². The molecule has 2 aliphatic heterocycles. The molecule has 0 aromatic heterocycles. The smallest absolute Gasteiger partial charge is 0.410 e. The Balaban J connectivity index is 1.57. The molecule has 1 aromatic rings. The first-order chi connectivity index (χ1) is 13.5. The molecule has 156 valence electrons. The molecule has 7 nitrogen and oxygen atoms in total. The molecule has 0 saturated carbocycles. The van der Waals surface area contributed by atoms with Gasteiger partial charge in [-0.1, -0.05) is 37.3 Å². The van der Waals surface area contributed by atoms with Crippen LogP contribution >= 0.6 is 0 Å². The van der Waals surface area contributed by atoms with Gasteiger partial charge in [0, 0.05) is 26.2 Å². The summed E-state index contributed by atoms with van der Waals surface area (Å²) in [5.41, 5.74) is 0.910. The van der Waals surface area contributed by atoms with E-state index in [1.54, 1.807) is 4.90 Å². The van der Waals surface area contributed by atoms with E-state index in [0.29, 0.717) is 32.7 Å². The predicted molar refractivity (Wildman–Crippen MR) is 106 cm³/mol. The molecule has 1 amide bonds. The summed E-state index contributed by atoms with van der Waals surface area (Å²) in [6.07, 6.45) is 2.88. The van der Waals surface area contributed by atoms with Crippen molar-refractivity contribution in [1.29, 1.82) is 0 Å². The minimum Gasteiger partial charge on any atom is -0.445 e. The molecule has 0 bridgehead atoms. The van der Waals surface area contributed by atoms with Gasteiger partial charge in [0.2, 0.25) is 10.0 Å². The molecule has 0 spiro atoms. The van der Waals surface area contributed by atoms with Crippen molar-refractivity contribution >= 4 is 16.1 Å². The van der Waals surface area contributed by atoms with Crippen molar-refractivity contribution in [3.63, 3.8) is 0 Å². The van der Waals surface area contributed by atoms with E-state index in [-0.39, 0.29) is 24.5 Å². The molecule has 2 heterocycles. The van der Waals surface area contributed by atoms with Crippen molar-refractivity contribution in [2.24, 2.45) is 0 Å². The number of ether oxygens (including phenoxy) is 2. The van der Waals surface area contributed by atoms with E-state index in [0.717, 1.165) is 24.8 Å². The van der Waals surface area contributed by atoms with Gasteiger partial charge in [-0.25, -0.2) is 13.2 Å². The van der Waals surface area contributed by atoms with Crippen LogP contribution in [0.5, 0.6) is 0 Å². The number of amides is 1. The van der Waals surface area contributed by atoms with E-state index < -0.39 is 16.1 Å². The second kappa shape index (κ2) is 9.71. The molecule has 0 N–H and O–H groups in total. The van der Waals surface area contributed by atoms with Crippen LogP contribution in [0.1, 0.15) is 38.2 Å². The average Bonchev–Trinajstić information content (AvgIpc) is 3.36. The van der Waals surface area contributed by atoms with Crippen LogP contribution in [0.3, 0.4) is 0 Å². The minimum absolute atomic E-state index is 0.0229. The molecule has 2 aliphatic rings. The maximum Gasteiger partial charge on any atom is 0.410 e. The number of carbonyl (C=O) groups is 1. The van der Waals surface area contributed by atoms with Gasteiger partial charge in [-0.15, -0.1) is 0 Å². The molecule has 0 radical (unpaired) electrons. The van der Waals surface area contributed by atoms with Crippen LogP contribution < -0.4 is 0 Å². The third-order valence-corrected chi connectivity index (χ3v) is 7.40. The fourth-order valence-electron chi connectivity index (χ4n) is 3.85. The monoisotopic (exact) mass is 410 g/mol. The zero-order chi connectivity index (χ0) is 20.0. The highest BCUT2D eigenvalue weighted by Gasteiger charge is 2.36. The van der Waals surface area contributed by atoms with Gasteiger partial charge >= 0.3 is 6.09 Å². The highest BCUT2D eigenvalue weighted by Crippen LogP contribution is 2.23. The van der Waals surface area contributed by atoms with Crippen LogP contribution in [0.15, 0.2) is 30.3 Å². The number of rotatable bonds is 8. The zero-order valence-electron chi connectivity index (χ0n) is 16.5. The summed E-state index contributed by atoms with van der Waals surface area (Å²) in [5.74, 6) is -0.0615. The van der Waals surface area contributed by atoms with Crippen LogP contribution in [0.4, 0.5) is 4.79 Å². The lowest BCUT2D eigenvalue weighted by Crippen LogP contribution is -2.45. The number of benzene rings is 1. The molecule has 0 aliphatic carbocycles. The molecule has 8 heteroatoms. The Bertz CT molecular complexity index is 734. The Morgan fingerprint density at radius 1 is 1.25 bits per heavy atom. The first-order valence-corrected chi connectivity index (χ1v) is 11.7. The molecule has 3 rings (SSSR count). The van der Waals surface area contributed by atoms with Gasteiger partial charge in [0.15, 0.2) is 0 Å². The quantitative estimate of drug-likeness (QED) is 0.658. The fraction of sp³-hybridized carbons (Fsp3) is 0.650. The Hall–Kier alpha value is -1.64. The van der Waals surface area contributed by atoms with Gasteiger partial charge in [0.05, 0.1) is 17.9 Å². The van der Waals surface area contributed by atoms with Crippen LogP contribution in [0.2, 0.25) is 0 Å². The van der Waals surface area contributed by atoms with E-state index in [1.165, 1.54) is 4.31 Å². The fourth-order valence-corrected chi connectivity index (χ4v) is 5.69. The molecular formula is C20H30N2O5S. The molecule has 2 saturated heterocycles. The molecule has 2 atom stereocenters. The summed E-state index contributed by atoms with van der Waals surface area (Å²) in [6, 6.07) is 9.13. The molecule has 1 aromatic carbocycles. The van der Waals surface area contributed by atoms with Crippen LogP contribution in [-0.4, -0.2) is 67.9 Å². The third-order valence-electron chi connectivity index (χ3n) is 5.40. The van der Waals surface area contributed by atoms with E-state index in [9.17, 15) is 13.2 Å². The largest absolute Gasteiger partial charge is 0.445 e. The van der Waals surface area contributed by atoms with Gasteiger partial charge in [-0.3, -0.25) is 0 Å². The summed E-state index contributed by atoms with van der Waals surface area (Å²) in [5, 5.41) is 0. The van der Waals surface area contributed by atoms with E-state index in [2.05, 4.69) is 0 Å². The molecular weight excluding hydrogens is 380 g/mol. The van der Waals surface area contributed by atoms with Gasteiger partial charge in [-0.05, 0) is 31.2 Å². The summed E-state index contributed by atoms with van der Waals surface area (Å²) >= 11 is 0. The second-order valence-electron chi connectivity index (χ2n) is 7.39. The molecule has 2 fully saturated rings. The summed E-state index contributed by atoms with van der Waals surface area (Å²) in [6.45, 7) is 4.07. The maximum absolute atomic E-state index is 12.9.